The Hall–Kier alpha value is -0.930. The molecule has 0 radical (unpaired) electrons. The van der Waals surface area contributed by atoms with Crippen molar-refractivity contribution < 1.29 is 26.8 Å². The zero-order chi connectivity index (χ0) is 41.5. The third-order valence-corrected chi connectivity index (χ3v) is 12.6. The van der Waals surface area contributed by atoms with Crippen LogP contribution >= 0.6 is 168 Å². The van der Waals surface area contributed by atoms with Gasteiger partial charge in [0.2, 0.25) is 0 Å². The molecule has 0 spiro atoms. The number of nitrogens with zero attached hydrogens (tertiary/aromatic N) is 3. The lowest BCUT2D eigenvalue weighted by Crippen LogP contribution is -2.55. The van der Waals surface area contributed by atoms with Crippen molar-refractivity contribution in [3.63, 3.8) is 0 Å². The maximum absolute atomic E-state index is 13.5. The molecule has 24 heteroatoms. The van der Waals surface area contributed by atoms with Gasteiger partial charge in [-0.25, -0.2) is 28.1 Å². The molecule has 0 aliphatic heterocycles. The van der Waals surface area contributed by atoms with Crippen LogP contribution in [0.3, 0.4) is 0 Å². The molecule has 12 nitrogen and oxygen atoms in total. The average Bonchev–Trinajstić information content (AvgIpc) is 3.11. The van der Waals surface area contributed by atoms with Gasteiger partial charge in [-0.2, -0.15) is 0 Å². The van der Waals surface area contributed by atoms with E-state index in [-0.39, 0.29) is 55.2 Å². The fraction of sp³-hybridized carbons (Fsp3) is 0.273. The average molecular weight is 1280 g/mol. The molecule has 0 aliphatic rings. The van der Waals surface area contributed by atoms with Crippen molar-refractivity contribution in [1.29, 1.82) is 0 Å². The summed E-state index contributed by atoms with van der Waals surface area (Å²) in [6, 6.07) is 17.3. The molecule has 0 atom stereocenters. The predicted octanol–water partition coefficient (Wildman–Crippen LogP) is 10.2. The molecule has 0 N–H and O–H groups in total. The number of hydrogen-bond donors (Lipinski definition) is 0. The quantitative estimate of drug-likeness (QED) is 0.0694. The lowest BCUT2D eigenvalue weighted by molar-refractivity contribution is 0.218. The van der Waals surface area contributed by atoms with Gasteiger partial charge in [-0.3, -0.25) is 0 Å². The van der Waals surface area contributed by atoms with Gasteiger partial charge in [-0.05, 0) is 71.3 Å². The highest BCUT2D eigenvalue weighted by Crippen LogP contribution is 2.26. The van der Waals surface area contributed by atoms with E-state index in [0.717, 1.165) is 93.4 Å². The lowest BCUT2D eigenvalue weighted by atomic mass is 10.2. The number of benzene rings is 3. The highest BCUT2D eigenvalue weighted by atomic mass is 79.9. The normalized spacial score (nSPS) is 10.8. The molecular weight excluding hydrogens is 1250 g/mol. The third kappa shape index (κ3) is 17.2. The fourth-order valence-electron chi connectivity index (χ4n) is 4.51. The van der Waals surface area contributed by atoms with Gasteiger partial charge in [0.25, 0.3) is 0 Å². The molecule has 0 unspecified atom stereocenters. The predicted molar refractivity (Wildman–Crippen MR) is 258 cm³/mol. The first-order valence-electron chi connectivity index (χ1n) is 15.9. The van der Waals surface area contributed by atoms with Crippen LogP contribution in [0.15, 0.2) is 95.8 Å². The van der Waals surface area contributed by atoms with Gasteiger partial charge < -0.3 is 26.8 Å². The van der Waals surface area contributed by atoms with Crippen molar-refractivity contribution in [1.82, 2.24) is 13.7 Å². The summed E-state index contributed by atoms with van der Waals surface area (Å²) < 4.78 is 40.7. The van der Waals surface area contributed by atoms with Crippen molar-refractivity contribution in [2.24, 2.45) is 0 Å². The minimum atomic E-state index is -0.897. The van der Waals surface area contributed by atoms with Crippen molar-refractivity contribution in [3.05, 3.63) is 130 Å². The first kappa shape index (κ1) is 48.7. The van der Waals surface area contributed by atoms with Crippen LogP contribution < -0.4 is 17.1 Å². The molecule has 0 saturated carbocycles. The summed E-state index contributed by atoms with van der Waals surface area (Å²) >= 11 is 39.4. The van der Waals surface area contributed by atoms with E-state index < -0.39 is 17.1 Å². The van der Waals surface area contributed by atoms with E-state index in [1.807, 2.05) is 54.6 Å². The van der Waals surface area contributed by atoms with E-state index in [9.17, 15) is 14.4 Å². The third-order valence-electron chi connectivity index (χ3n) is 6.81. The summed E-state index contributed by atoms with van der Waals surface area (Å²) in [5.74, 6) is 1.40. The molecule has 3 aromatic carbocycles. The van der Waals surface area contributed by atoms with E-state index in [1.165, 1.54) is 0 Å². The van der Waals surface area contributed by atoms with E-state index in [0.29, 0.717) is 17.3 Å². The molecule has 0 fully saturated rings. The molecule has 0 amide bonds. The zero-order valence-electron chi connectivity index (χ0n) is 28.8. The highest BCUT2D eigenvalue weighted by Gasteiger charge is 2.17. The van der Waals surface area contributed by atoms with Crippen molar-refractivity contribution in [2.45, 2.75) is 36.9 Å². The van der Waals surface area contributed by atoms with Gasteiger partial charge in [-0.15, -0.1) is 0 Å². The molecule has 1 aromatic heterocycles. The topological polar surface area (TPSA) is 121 Å². The van der Waals surface area contributed by atoms with Crippen LogP contribution in [0.25, 0.3) is 0 Å². The Morgan fingerprint density at radius 1 is 0.439 bits per heavy atom. The molecule has 0 bridgehead atoms. The summed E-state index contributed by atoms with van der Waals surface area (Å²) in [6.45, 7) is -1.43. The smallest absolute Gasteiger partial charge is 0.364 e. The van der Waals surface area contributed by atoms with Crippen LogP contribution in [0.2, 0.25) is 0 Å². The SMILES string of the molecule is O=c1n(CCOC(=S)OSCc2cc(Br)cc(Br)c2)c(=O)n(CCOC(=S)OSCc2cc(Br)cc(Br)c2)c(=O)n1CCOC(=S)OSCc1cc(Br)cc(Br)c1. The van der Waals surface area contributed by atoms with E-state index in [2.05, 4.69) is 95.6 Å². The Labute approximate surface area is 406 Å². The summed E-state index contributed by atoms with van der Waals surface area (Å²) in [4.78, 5) is 40.5. The number of halogens is 6. The van der Waals surface area contributed by atoms with Crippen molar-refractivity contribution >= 4 is 184 Å². The van der Waals surface area contributed by atoms with E-state index in [4.69, 9.17) is 63.4 Å². The summed E-state index contributed by atoms with van der Waals surface area (Å²) in [5.41, 5.74) is 0.203. The highest BCUT2D eigenvalue weighted by molar-refractivity contribution is 9.11. The summed E-state index contributed by atoms with van der Waals surface area (Å²) in [5, 5.41) is -0.596. The van der Waals surface area contributed by atoms with E-state index in [1.54, 1.807) is 0 Å². The lowest BCUT2D eigenvalue weighted by Gasteiger charge is -2.15. The van der Waals surface area contributed by atoms with E-state index >= 15 is 0 Å². The van der Waals surface area contributed by atoms with Crippen LogP contribution in [-0.2, 0) is 63.7 Å². The largest absolute Gasteiger partial charge is 0.454 e. The minimum absolute atomic E-state index is 0.199. The van der Waals surface area contributed by atoms with Gasteiger partial charge in [0.1, 0.15) is 19.8 Å². The maximum atomic E-state index is 13.5. The standard InChI is InChI=1S/C33H27Br6N3O9S6/c34-22-7-19(8-23(35)13-22)16-55-49-31(52)46-4-1-40-28(43)41(2-5-47-32(53)50-56-17-20-9-24(36)14-25(37)10-20)30(45)42(29(40)44)3-6-48-33(54)51-57-18-21-11-26(38)15-27(39)12-21/h7-15H,1-6,16-18H2. The monoisotopic (exact) mass is 1270 g/mol. The number of aromatic nitrogens is 3. The number of ether oxygens (including phenoxy) is 3. The van der Waals surface area contributed by atoms with Crippen LogP contribution in [0.4, 0.5) is 0 Å². The molecule has 4 aromatic rings. The maximum Gasteiger partial charge on any atom is 0.364 e. The van der Waals surface area contributed by atoms with Crippen molar-refractivity contribution in [2.75, 3.05) is 19.8 Å². The molecule has 0 saturated heterocycles. The fourth-order valence-corrected chi connectivity index (χ4v) is 10.9. The minimum Gasteiger partial charge on any atom is -0.454 e. The molecule has 0 aliphatic carbocycles. The first-order chi connectivity index (χ1) is 27.2. The van der Waals surface area contributed by atoms with Gasteiger partial charge >= 0.3 is 32.8 Å². The van der Waals surface area contributed by atoms with Crippen LogP contribution in [0.1, 0.15) is 16.7 Å². The Morgan fingerprint density at radius 3 is 0.895 bits per heavy atom. The number of thiocarbonyl (C=S) groups is 3. The molecule has 306 valence electrons. The molecule has 4 rings (SSSR count). The van der Waals surface area contributed by atoms with Crippen LogP contribution in [0.5, 0.6) is 0 Å². The molecule has 57 heavy (non-hydrogen) atoms. The summed E-state index contributed by atoms with van der Waals surface area (Å²) in [6.07, 6.45) is 0. The first-order valence-corrected chi connectivity index (χ1v) is 24.6. The Kier molecular flexibility index (Phi) is 21.5. The second-order valence-corrected chi connectivity index (χ2v) is 19.5. The Morgan fingerprint density at radius 2 is 0.667 bits per heavy atom. The number of hydrogen-bond acceptors (Lipinski definition) is 15. The second kappa shape index (κ2) is 25.1. The van der Waals surface area contributed by atoms with Crippen LogP contribution in [0, 0.1) is 0 Å². The van der Waals surface area contributed by atoms with Crippen LogP contribution in [-0.4, -0.2) is 49.2 Å². The van der Waals surface area contributed by atoms with Gasteiger partial charge in [0.05, 0.1) is 73.0 Å². The molecular formula is C33H27Br6N3O9S6. The van der Waals surface area contributed by atoms with Crippen molar-refractivity contribution in [3.8, 4) is 0 Å². The Bertz CT molecular complexity index is 1930. The number of rotatable bonds is 18. The summed E-state index contributed by atoms with van der Waals surface area (Å²) in [7, 11) is 0. The Balaban J connectivity index is 1.36. The molecule has 1 heterocycles. The van der Waals surface area contributed by atoms with Gasteiger partial charge in [0.15, 0.2) is 0 Å². The van der Waals surface area contributed by atoms with Gasteiger partial charge in [-0.1, -0.05) is 95.6 Å². The second-order valence-electron chi connectivity index (χ2n) is 11.0. The zero-order valence-corrected chi connectivity index (χ0v) is 43.2. The van der Waals surface area contributed by atoms with Gasteiger partial charge in [0, 0.05) is 63.5 Å².